The van der Waals surface area contributed by atoms with E-state index < -0.39 is 6.04 Å². The monoisotopic (exact) mass is 243 g/mol. The van der Waals surface area contributed by atoms with Crippen LogP contribution in [0, 0.1) is 13.8 Å². The Hall–Kier alpha value is -2.07. The molecule has 1 amide bonds. The van der Waals surface area contributed by atoms with Crippen molar-refractivity contribution in [3.63, 3.8) is 0 Å². The molecule has 4 heteroatoms. The number of carbonyl (C=O) groups is 1. The first-order valence-corrected chi connectivity index (χ1v) is 5.86. The molecule has 3 N–H and O–H groups in total. The Kier molecular flexibility index (Phi) is 3.48. The van der Waals surface area contributed by atoms with Crippen molar-refractivity contribution >= 4 is 5.91 Å². The summed E-state index contributed by atoms with van der Waals surface area (Å²) in [4.78, 5) is 12.1. The van der Waals surface area contributed by atoms with Gasteiger partial charge < -0.3 is 5.73 Å². The van der Waals surface area contributed by atoms with Crippen LogP contribution < -0.4 is 11.2 Å². The molecule has 0 bridgehead atoms. The number of nitrogens with zero attached hydrogens (tertiary/aromatic N) is 1. The lowest BCUT2D eigenvalue weighted by molar-refractivity contribution is -0.118. The zero-order chi connectivity index (χ0) is 13.1. The van der Waals surface area contributed by atoms with Crippen LogP contribution in [0.4, 0.5) is 0 Å². The third-order valence-corrected chi connectivity index (χ3v) is 2.93. The summed E-state index contributed by atoms with van der Waals surface area (Å²) < 4.78 is 1.74. The number of benzene rings is 1. The van der Waals surface area contributed by atoms with Crippen molar-refractivity contribution < 1.29 is 4.79 Å². The van der Waals surface area contributed by atoms with Gasteiger partial charge in [0.25, 0.3) is 5.91 Å². The van der Waals surface area contributed by atoms with Crippen LogP contribution in [-0.4, -0.2) is 10.6 Å². The minimum absolute atomic E-state index is 0.219. The van der Waals surface area contributed by atoms with Crippen LogP contribution in [0.3, 0.4) is 0 Å². The number of rotatable bonds is 3. The predicted octanol–water partition coefficient (Wildman–Crippen LogP) is 1.88. The number of hydrogen-bond donors (Lipinski definition) is 2. The SMILES string of the molecule is Cc1ccc(C)n1NC(=O)[C@@H](N)c1ccccc1. The number of aryl methyl sites for hydroxylation is 2. The molecule has 0 saturated heterocycles. The van der Waals surface area contributed by atoms with E-state index in [0.29, 0.717) is 0 Å². The largest absolute Gasteiger partial charge is 0.316 e. The van der Waals surface area contributed by atoms with E-state index in [0.717, 1.165) is 17.0 Å². The van der Waals surface area contributed by atoms with E-state index in [1.54, 1.807) is 4.68 Å². The number of aromatic nitrogens is 1. The lowest BCUT2D eigenvalue weighted by Crippen LogP contribution is -2.33. The Morgan fingerprint density at radius 3 is 2.22 bits per heavy atom. The van der Waals surface area contributed by atoms with Crippen LogP contribution in [0.5, 0.6) is 0 Å². The highest BCUT2D eigenvalue weighted by Crippen LogP contribution is 2.11. The Morgan fingerprint density at radius 2 is 1.67 bits per heavy atom. The molecule has 2 aromatic rings. The van der Waals surface area contributed by atoms with Gasteiger partial charge in [-0.2, -0.15) is 0 Å². The van der Waals surface area contributed by atoms with E-state index in [4.69, 9.17) is 5.73 Å². The quantitative estimate of drug-likeness (QED) is 0.864. The maximum Gasteiger partial charge on any atom is 0.260 e. The van der Waals surface area contributed by atoms with Crippen molar-refractivity contribution in [2.45, 2.75) is 19.9 Å². The number of nitrogens with two attached hydrogens (primary N) is 1. The normalized spacial score (nSPS) is 12.2. The molecule has 18 heavy (non-hydrogen) atoms. The summed E-state index contributed by atoms with van der Waals surface area (Å²) in [5.41, 5.74) is 11.5. The van der Waals surface area contributed by atoms with Crippen LogP contribution in [0.25, 0.3) is 0 Å². The number of hydrogen-bond acceptors (Lipinski definition) is 2. The second-order valence-corrected chi connectivity index (χ2v) is 4.32. The van der Waals surface area contributed by atoms with Gasteiger partial charge in [-0.1, -0.05) is 30.3 Å². The van der Waals surface area contributed by atoms with Gasteiger partial charge >= 0.3 is 0 Å². The first kappa shape index (κ1) is 12.4. The molecule has 1 aromatic heterocycles. The highest BCUT2D eigenvalue weighted by Gasteiger charge is 2.16. The van der Waals surface area contributed by atoms with Gasteiger partial charge in [-0.3, -0.25) is 14.9 Å². The van der Waals surface area contributed by atoms with E-state index in [9.17, 15) is 4.79 Å². The van der Waals surface area contributed by atoms with Gasteiger partial charge in [-0.15, -0.1) is 0 Å². The standard InChI is InChI=1S/C14H17N3O/c1-10-8-9-11(2)17(10)16-14(18)13(15)12-6-4-3-5-7-12/h3-9,13H,15H2,1-2H3,(H,16,18)/t13-/m0/s1. The number of nitrogens with one attached hydrogen (secondary N) is 1. The first-order valence-electron chi connectivity index (χ1n) is 5.86. The van der Waals surface area contributed by atoms with Crippen molar-refractivity contribution in [3.8, 4) is 0 Å². The molecule has 4 nitrogen and oxygen atoms in total. The summed E-state index contributed by atoms with van der Waals surface area (Å²) in [6.07, 6.45) is 0. The fraction of sp³-hybridized carbons (Fsp3) is 0.214. The van der Waals surface area contributed by atoms with Crippen molar-refractivity contribution in [2.75, 3.05) is 5.43 Å². The average Bonchev–Trinajstić information content (AvgIpc) is 2.70. The smallest absolute Gasteiger partial charge is 0.260 e. The maximum atomic E-state index is 12.1. The Bertz CT molecular complexity index is 526. The Balaban J connectivity index is 2.14. The molecule has 0 saturated carbocycles. The van der Waals surface area contributed by atoms with Crippen molar-refractivity contribution in [3.05, 3.63) is 59.4 Å². The van der Waals surface area contributed by atoms with Gasteiger partial charge in [-0.25, -0.2) is 0 Å². The molecule has 1 aromatic carbocycles. The zero-order valence-corrected chi connectivity index (χ0v) is 10.6. The highest BCUT2D eigenvalue weighted by atomic mass is 16.2. The molecule has 0 radical (unpaired) electrons. The summed E-state index contributed by atoms with van der Waals surface area (Å²) in [5, 5.41) is 0. The lowest BCUT2D eigenvalue weighted by Gasteiger charge is -2.15. The molecule has 0 unspecified atom stereocenters. The summed E-state index contributed by atoms with van der Waals surface area (Å²) in [6, 6.07) is 12.6. The van der Waals surface area contributed by atoms with Gasteiger partial charge in [0.15, 0.2) is 0 Å². The average molecular weight is 243 g/mol. The van der Waals surface area contributed by atoms with Crippen molar-refractivity contribution in [2.24, 2.45) is 5.73 Å². The molecule has 94 valence electrons. The Morgan fingerprint density at radius 1 is 1.11 bits per heavy atom. The zero-order valence-electron chi connectivity index (χ0n) is 10.6. The van der Waals surface area contributed by atoms with E-state index in [-0.39, 0.29) is 5.91 Å². The third kappa shape index (κ3) is 2.43. The predicted molar refractivity (Wildman–Crippen MR) is 71.6 cm³/mol. The molecule has 0 aliphatic rings. The molecule has 0 aliphatic carbocycles. The number of amides is 1. The molecular formula is C14H17N3O. The van der Waals surface area contributed by atoms with E-state index in [2.05, 4.69) is 5.43 Å². The van der Waals surface area contributed by atoms with Crippen molar-refractivity contribution in [1.29, 1.82) is 0 Å². The molecule has 0 fully saturated rings. The van der Waals surface area contributed by atoms with Crippen LogP contribution >= 0.6 is 0 Å². The summed E-state index contributed by atoms with van der Waals surface area (Å²) in [5.74, 6) is -0.219. The maximum absolute atomic E-state index is 12.1. The van der Waals surface area contributed by atoms with Gasteiger partial charge in [-0.05, 0) is 31.5 Å². The van der Waals surface area contributed by atoms with E-state index in [1.165, 1.54) is 0 Å². The molecular weight excluding hydrogens is 226 g/mol. The highest BCUT2D eigenvalue weighted by molar-refractivity contribution is 5.89. The Labute approximate surface area is 106 Å². The number of carbonyl (C=O) groups excluding carboxylic acids is 1. The lowest BCUT2D eigenvalue weighted by atomic mass is 10.1. The van der Waals surface area contributed by atoms with Crippen LogP contribution in [-0.2, 0) is 4.79 Å². The molecule has 1 heterocycles. The minimum atomic E-state index is -0.660. The second-order valence-electron chi connectivity index (χ2n) is 4.32. The van der Waals surface area contributed by atoms with E-state index in [1.807, 2.05) is 56.3 Å². The topological polar surface area (TPSA) is 60.0 Å². The fourth-order valence-electron chi connectivity index (χ4n) is 1.84. The summed E-state index contributed by atoms with van der Waals surface area (Å²) >= 11 is 0. The van der Waals surface area contributed by atoms with Crippen LogP contribution in [0.15, 0.2) is 42.5 Å². The molecule has 0 spiro atoms. The molecule has 0 aliphatic heterocycles. The van der Waals surface area contributed by atoms with Crippen LogP contribution in [0.1, 0.15) is 23.0 Å². The van der Waals surface area contributed by atoms with Crippen LogP contribution in [0.2, 0.25) is 0 Å². The second kappa shape index (κ2) is 5.06. The minimum Gasteiger partial charge on any atom is -0.316 e. The molecule has 1 atom stereocenters. The van der Waals surface area contributed by atoms with Gasteiger partial charge in [0.2, 0.25) is 0 Å². The third-order valence-electron chi connectivity index (χ3n) is 2.93. The van der Waals surface area contributed by atoms with Gasteiger partial charge in [0.05, 0.1) is 0 Å². The molecule has 2 rings (SSSR count). The van der Waals surface area contributed by atoms with Gasteiger partial charge in [0, 0.05) is 11.4 Å². The van der Waals surface area contributed by atoms with Gasteiger partial charge in [0.1, 0.15) is 6.04 Å². The fourth-order valence-corrected chi connectivity index (χ4v) is 1.84. The summed E-state index contributed by atoms with van der Waals surface area (Å²) in [6.45, 7) is 3.86. The van der Waals surface area contributed by atoms with E-state index >= 15 is 0 Å². The first-order chi connectivity index (χ1) is 8.59. The van der Waals surface area contributed by atoms with Crippen molar-refractivity contribution in [1.82, 2.24) is 4.68 Å². The summed E-state index contributed by atoms with van der Waals surface area (Å²) in [7, 11) is 0.